The van der Waals surface area contributed by atoms with Gasteiger partial charge in [0, 0.05) is 38.2 Å². The standard InChI is InChI=1S/C20H27N7O2/c1-6-27-13(4)15(9-23-27)17-24-16-18(25(17)5)21-11-22-19(16)29-14-7-8-26(10-14)20(28)12(2)3/h9,11-12,14H,6-8,10H2,1-5H3/t14-/m0/s1. The Balaban J connectivity index is 1.63. The van der Waals surface area contributed by atoms with E-state index in [1.165, 1.54) is 6.33 Å². The summed E-state index contributed by atoms with van der Waals surface area (Å²) < 4.78 is 10.1. The Bertz CT molecular complexity index is 1050. The van der Waals surface area contributed by atoms with E-state index in [1.54, 1.807) is 0 Å². The molecule has 0 bridgehead atoms. The first-order valence-corrected chi connectivity index (χ1v) is 10.1. The van der Waals surface area contributed by atoms with Crippen molar-refractivity contribution in [2.75, 3.05) is 13.1 Å². The summed E-state index contributed by atoms with van der Waals surface area (Å²) in [4.78, 5) is 27.6. The summed E-state index contributed by atoms with van der Waals surface area (Å²) in [6, 6.07) is 0. The lowest BCUT2D eigenvalue weighted by Crippen LogP contribution is -2.33. The minimum absolute atomic E-state index is 0.00914. The quantitative estimate of drug-likeness (QED) is 0.655. The number of ether oxygens (including phenoxy) is 1. The van der Waals surface area contributed by atoms with Gasteiger partial charge in [-0.05, 0) is 13.8 Å². The maximum absolute atomic E-state index is 12.2. The van der Waals surface area contributed by atoms with Gasteiger partial charge in [0.15, 0.2) is 11.2 Å². The van der Waals surface area contributed by atoms with Crippen LogP contribution in [0, 0.1) is 12.8 Å². The summed E-state index contributed by atoms with van der Waals surface area (Å²) in [7, 11) is 1.93. The summed E-state index contributed by atoms with van der Waals surface area (Å²) in [6.45, 7) is 10.0. The molecule has 0 aliphatic carbocycles. The zero-order valence-electron chi connectivity index (χ0n) is 17.6. The molecule has 0 N–H and O–H groups in total. The number of carbonyl (C=O) groups is 1. The fourth-order valence-corrected chi connectivity index (χ4v) is 3.84. The number of hydrogen-bond acceptors (Lipinski definition) is 6. The number of fused-ring (bicyclic) bond motifs is 1. The third-order valence-electron chi connectivity index (χ3n) is 5.50. The molecule has 0 unspecified atom stereocenters. The Kier molecular flexibility index (Phi) is 4.97. The first-order valence-electron chi connectivity index (χ1n) is 10.1. The second kappa shape index (κ2) is 7.46. The van der Waals surface area contributed by atoms with Crippen LogP contribution in [0.3, 0.4) is 0 Å². The molecule has 1 aliphatic heterocycles. The van der Waals surface area contributed by atoms with Crippen molar-refractivity contribution in [1.29, 1.82) is 0 Å². The highest BCUT2D eigenvalue weighted by Crippen LogP contribution is 2.30. The van der Waals surface area contributed by atoms with Crippen LogP contribution in [0.1, 0.15) is 32.9 Å². The number of hydrogen-bond donors (Lipinski definition) is 0. The highest BCUT2D eigenvalue weighted by Gasteiger charge is 2.30. The van der Waals surface area contributed by atoms with E-state index in [-0.39, 0.29) is 17.9 Å². The van der Waals surface area contributed by atoms with E-state index in [9.17, 15) is 4.79 Å². The van der Waals surface area contributed by atoms with Gasteiger partial charge in [-0.1, -0.05) is 13.8 Å². The summed E-state index contributed by atoms with van der Waals surface area (Å²) >= 11 is 0. The molecule has 0 radical (unpaired) electrons. The van der Waals surface area contributed by atoms with Crippen LogP contribution in [0.4, 0.5) is 0 Å². The van der Waals surface area contributed by atoms with Crippen molar-refractivity contribution in [1.82, 2.24) is 34.2 Å². The predicted octanol–water partition coefficient (Wildman–Crippen LogP) is 2.19. The van der Waals surface area contributed by atoms with Gasteiger partial charge in [0.2, 0.25) is 11.8 Å². The zero-order chi connectivity index (χ0) is 20.7. The highest BCUT2D eigenvalue weighted by molar-refractivity contribution is 5.81. The van der Waals surface area contributed by atoms with Crippen LogP contribution in [-0.2, 0) is 18.4 Å². The number of imidazole rings is 1. The van der Waals surface area contributed by atoms with E-state index in [0.717, 1.165) is 30.0 Å². The molecule has 3 aromatic rings. The molecular formula is C20H27N7O2. The predicted molar refractivity (Wildman–Crippen MR) is 108 cm³/mol. The molecule has 29 heavy (non-hydrogen) atoms. The van der Waals surface area contributed by atoms with Crippen LogP contribution in [0.15, 0.2) is 12.5 Å². The van der Waals surface area contributed by atoms with Crippen molar-refractivity contribution in [2.45, 2.75) is 46.8 Å². The lowest BCUT2D eigenvalue weighted by molar-refractivity contribution is -0.133. The van der Waals surface area contributed by atoms with Gasteiger partial charge >= 0.3 is 0 Å². The van der Waals surface area contributed by atoms with Crippen molar-refractivity contribution < 1.29 is 9.53 Å². The van der Waals surface area contributed by atoms with Gasteiger partial charge in [-0.25, -0.2) is 9.97 Å². The molecule has 1 fully saturated rings. The normalized spacial score (nSPS) is 16.9. The fourth-order valence-electron chi connectivity index (χ4n) is 3.84. The van der Waals surface area contributed by atoms with E-state index >= 15 is 0 Å². The Morgan fingerprint density at radius 3 is 2.83 bits per heavy atom. The van der Waals surface area contributed by atoms with Gasteiger partial charge in [0.1, 0.15) is 18.3 Å². The zero-order valence-corrected chi connectivity index (χ0v) is 17.6. The Morgan fingerprint density at radius 2 is 2.14 bits per heavy atom. The van der Waals surface area contributed by atoms with Gasteiger partial charge in [-0.15, -0.1) is 0 Å². The molecule has 4 rings (SSSR count). The summed E-state index contributed by atoms with van der Waals surface area (Å²) in [5, 5.41) is 4.43. The molecule has 9 heteroatoms. The average Bonchev–Trinajstić information content (AvgIpc) is 3.40. The molecule has 154 valence electrons. The van der Waals surface area contributed by atoms with Crippen LogP contribution >= 0.6 is 0 Å². The average molecular weight is 397 g/mol. The molecular weight excluding hydrogens is 370 g/mol. The van der Waals surface area contributed by atoms with Crippen molar-refractivity contribution in [3.8, 4) is 17.3 Å². The second-order valence-corrected chi connectivity index (χ2v) is 7.77. The Hall–Kier alpha value is -2.97. The maximum Gasteiger partial charge on any atom is 0.245 e. The lowest BCUT2D eigenvalue weighted by Gasteiger charge is -2.18. The molecule has 1 aliphatic rings. The van der Waals surface area contributed by atoms with E-state index in [1.807, 2.05) is 48.2 Å². The topological polar surface area (TPSA) is 91.0 Å². The first-order chi connectivity index (χ1) is 13.9. The van der Waals surface area contributed by atoms with Crippen LogP contribution in [0.2, 0.25) is 0 Å². The van der Waals surface area contributed by atoms with Crippen LogP contribution in [0.25, 0.3) is 22.6 Å². The summed E-state index contributed by atoms with van der Waals surface area (Å²) in [5.74, 6) is 1.39. The summed E-state index contributed by atoms with van der Waals surface area (Å²) in [6.07, 6.45) is 4.02. The number of carbonyl (C=O) groups excluding carboxylic acids is 1. The first kappa shape index (κ1) is 19.4. The Labute approximate surface area is 169 Å². The lowest BCUT2D eigenvalue weighted by atomic mass is 10.2. The van der Waals surface area contributed by atoms with Crippen LogP contribution in [0.5, 0.6) is 5.88 Å². The number of likely N-dealkylation sites (tertiary alicyclic amines) is 1. The molecule has 1 saturated heterocycles. The highest BCUT2D eigenvalue weighted by atomic mass is 16.5. The van der Waals surface area contributed by atoms with E-state index in [2.05, 4.69) is 22.0 Å². The monoisotopic (exact) mass is 397 g/mol. The third-order valence-corrected chi connectivity index (χ3v) is 5.50. The van der Waals surface area contributed by atoms with Crippen LogP contribution < -0.4 is 4.74 Å². The smallest absolute Gasteiger partial charge is 0.245 e. The van der Waals surface area contributed by atoms with Crippen molar-refractivity contribution in [3.63, 3.8) is 0 Å². The van der Waals surface area contributed by atoms with E-state index in [0.29, 0.717) is 30.1 Å². The molecule has 1 amide bonds. The van der Waals surface area contributed by atoms with Crippen molar-refractivity contribution >= 4 is 17.1 Å². The maximum atomic E-state index is 12.2. The molecule has 9 nitrogen and oxygen atoms in total. The molecule has 1 atom stereocenters. The molecule has 0 saturated carbocycles. The van der Waals surface area contributed by atoms with Gasteiger partial charge < -0.3 is 14.2 Å². The minimum atomic E-state index is -0.0918. The second-order valence-electron chi connectivity index (χ2n) is 7.77. The van der Waals surface area contributed by atoms with E-state index in [4.69, 9.17) is 9.72 Å². The number of nitrogens with zero attached hydrogens (tertiary/aromatic N) is 7. The summed E-state index contributed by atoms with van der Waals surface area (Å²) in [5.41, 5.74) is 3.36. The molecule has 3 aromatic heterocycles. The van der Waals surface area contributed by atoms with Crippen molar-refractivity contribution in [2.24, 2.45) is 13.0 Å². The van der Waals surface area contributed by atoms with Gasteiger partial charge in [0.25, 0.3) is 0 Å². The number of amides is 1. The fraction of sp³-hybridized carbons (Fsp3) is 0.550. The number of rotatable bonds is 5. The third kappa shape index (κ3) is 3.34. The largest absolute Gasteiger partial charge is 0.471 e. The van der Waals surface area contributed by atoms with Gasteiger partial charge in [-0.2, -0.15) is 10.1 Å². The molecule has 0 spiro atoms. The molecule has 0 aromatic carbocycles. The minimum Gasteiger partial charge on any atom is -0.471 e. The van der Waals surface area contributed by atoms with Crippen LogP contribution in [-0.4, -0.2) is 59.3 Å². The number of aryl methyl sites for hydroxylation is 2. The van der Waals surface area contributed by atoms with Crippen molar-refractivity contribution in [3.05, 3.63) is 18.2 Å². The Morgan fingerprint density at radius 1 is 1.34 bits per heavy atom. The van der Waals surface area contributed by atoms with Gasteiger partial charge in [0.05, 0.1) is 18.3 Å². The van der Waals surface area contributed by atoms with Gasteiger partial charge in [-0.3, -0.25) is 9.48 Å². The molecule has 4 heterocycles. The van der Waals surface area contributed by atoms with E-state index < -0.39 is 0 Å². The SMILES string of the molecule is CCn1ncc(-c2nc3c(O[C@H]4CCN(C(=O)C(C)C)C4)ncnc3n2C)c1C. The number of aromatic nitrogens is 6.